The first-order valence-corrected chi connectivity index (χ1v) is 7.72. The molecular weight excluding hydrogens is 274 g/mol. The molecule has 0 fully saturated rings. The summed E-state index contributed by atoms with van der Waals surface area (Å²) in [6.45, 7) is 2.66. The van der Waals surface area contributed by atoms with Crippen LogP contribution in [0.3, 0.4) is 0 Å². The minimum absolute atomic E-state index is 0.0156. The van der Waals surface area contributed by atoms with Gasteiger partial charge in [-0.2, -0.15) is 0 Å². The van der Waals surface area contributed by atoms with Crippen LogP contribution >= 0.6 is 0 Å². The van der Waals surface area contributed by atoms with E-state index in [2.05, 4.69) is 0 Å². The molecule has 4 N–H and O–H groups in total. The molecule has 0 radical (unpaired) electrons. The van der Waals surface area contributed by atoms with Gasteiger partial charge in [0.15, 0.2) is 0 Å². The highest BCUT2D eigenvalue weighted by molar-refractivity contribution is 7.89. The van der Waals surface area contributed by atoms with Crippen molar-refractivity contribution in [2.24, 2.45) is 5.14 Å². The summed E-state index contributed by atoms with van der Waals surface area (Å²) < 4.78 is 23.0. The number of hydrogen-bond donors (Lipinski definition) is 2. The van der Waals surface area contributed by atoms with Gasteiger partial charge in [-0.25, -0.2) is 13.6 Å². The smallest absolute Gasteiger partial charge is 0.238 e. The molecule has 0 heterocycles. The van der Waals surface area contributed by atoms with E-state index in [-0.39, 0.29) is 4.90 Å². The predicted molar refractivity (Wildman–Crippen MR) is 81.3 cm³/mol. The van der Waals surface area contributed by atoms with E-state index in [9.17, 15) is 8.42 Å². The number of nitrogens with zero attached hydrogens (tertiary/aromatic N) is 1. The first-order chi connectivity index (χ1) is 9.41. The molecule has 0 aliphatic carbocycles. The summed E-state index contributed by atoms with van der Waals surface area (Å²) in [7, 11) is -3.78. The molecule has 0 unspecified atom stereocenters. The molecule has 0 saturated heterocycles. The van der Waals surface area contributed by atoms with Crippen LogP contribution in [0.1, 0.15) is 6.92 Å². The zero-order valence-electron chi connectivity index (χ0n) is 11.2. The fourth-order valence-electron chi connectivity index (χ4n) is 2.05. The molecule has 0 atom stereocenters. The van der Waals surface area contributed by atoms with E-state index in [1.165, 1.54) is 12.1 Å². The van der Waals surface area contributed by atoms with Crippen LogP contribution in [-0.2, 0) is 10.0 Å². The molecule has 2 rings (SSSR count). The maximum absolute atomic E-state index is 11.5. The van der Waals surface area contributed by atoms with Crippen molar-refractivity contribution in [3.63, 3.8) is 0 Å². The first kappa shape index (κ1) is 14.4. The second-order valence-electron chi connectivity index (χ2n) is 4.39. The molecule has 0 aromatic heterocycles. The Morgan fingerprint density at radius 3 is 2.25 bits per heavy atom. The van der Waals surface area contributed by atoms with Gasteiger partial charge in [-0.1, -0.05) is 18.2 Å². The van der Waals surface area contributed by atoms with Crippen molar-refractivity contribution in [2.45, 2.75) is 11.8 Å². The van der Waals surface area contributed by atoms with Crippen LogP contribution < -0.4 is 15.8 Å². The Balaban J connectivity index is 2.54. The van der Waals surface area contributed by atoms with E-state index in [1.54, 1.807) is 6.07 Å². The number of rotatable bonds is 4. The van der Waals surface area contributed by atoms with Gasteiger partial charge in [-0.3, -0.25) is 0 Å². The molecule has 2 aromatic carbocycles. The maximum Gasteiger partial charge on any atom is 0.238 e. The molecule has 5 nitrogen and oxygen atoms in total. The highest BCUT2D eigenvalue weighted by atomic mass is 32.2. The molecule has 2 aromatic rings. The van der Waals surface area contributed by atoms with Gasteiger partial charge in [-0.05, 0) is 37.3 Å². The van der Waals surface area contributed by atoms with Gasteiger partial charge in [0.1, 0.15) is 0 Å². The summed E-state index contributed by atoms with van der Waals surface area (Å²) in [5.74, 6) is 0. The molecule has 6 heteroatoms. The van der Waals surface area contributed by atoms with Crippen molar-refractivity contribution in [2.75, 3.05) is 17.2 Å². The zero-order chi connectivity index (χ0) is 14.8. The summed E-state index contributed by atoms with van der Waals surface area (Å²) in [6.07, 6.45) is 0. The summed E-state index contributed by atoms with van der Waals surface area (Å²) in [5, 5.41) is 5.17. The van der Waals surface area contributed by atoms with Crippen LogP contribution in [0.2, 0.25) is 0 Å². The Morgan fingerprint density at radius 2 is 1.70 bits per heavy atom. The van der Waals surface area contributed by atoms with Gasteiger partial charge in [0, 0.05) is 23.6 Å². The van der Waals surface area contributed by atoms with E-state index in [0.717, 1.165) is 5.69 Å². The summed E-state index contributed by atoms with van der Waals surface area (Å²) in [6, 6.07) is 14.3. The van der Waals surface area contributed by atoms with Crippen LogP contribution in [0, 0.1) is 0 Å². The van der Waals surface area contributed by atoms with Crippen LogP contribution in [0.5, 0.6) is 0 Å². The number of nitrogen functional groups attached to an aromatic ring is 1. The van der Waals surface area contributed by atoms with Crippen LogP contribution in [-0.4, -0.2) is 15.0 Å². The second kappa shape index (κ2) is 5.52. The summed E-state index contributed by atoms with van der Waals surface area (Å²) in [4.78, 5) is 1.98. The van der Waals surface area contributed by atoms with E-state index in [4.69, 9.17) is 10.9 Å². The Bertz CT molecular complexity index is 700. The van der Waals surface area contributed by atoms with E-state index in [1.807, 2.05) is 42.2 Å². The number of anilines is 3. The van der Waals surface area contributed by atoms with Gasteiger partial charge in [0.25, 0.3) is 0 Å². The molecule has 20 heavy (non-hydrogen) atoms. The minimum Gasteiger partial charge on any atom is -0.399 e. The molecule has 0 aliphatic rings. The van der Waals surface area contributed by atoms with E-state index in [0.29, 0.717) is 17.9 Å². The third kappa shape index (κ3) is 3.09. The van der Waals surface area contributed by atoms with Gasteiger partial charge >= 0.3 is 0 Å². The molecule has 0 saturated carbocycles. The number of para-hydroxylation sites is 1. The molecule has 0 amide bonds. The van der Waals surface area contributed by atoms with Crippen LogP contribution in [0.15, 0.2) is 53.4 Å². The van der Waals surface area contributed by atoms with Crippen molar-refractivity contribution in [3.8, 4) is 0 Å². The summed E-state index contributed by atoms with van der Waals surface area (Å²) >= 11 is 0. The maximum atomic E-state index is 11.5. The molecule has 106 valence electrons. The fourth-order valence-corrected chi connectivity index (χ4v) is 2.63. The third-order valence-electron chi connectivity index (χ3n) is 2.94. The number of hydrogen-bond acceptors (Lipinski definition) is 4. The standard InChI is InChI=1S/C14H17N3O2S/c1-2-17(12-6-4-3-5-7-12)13-8-11(15)9-14(10-13)20(16,18)19/h3-10H,2,15H2,1H3,(H2,16,18,19). The Labute approximate surface area is 118 Å². The summed E-state index contributed by atoms with van der Waals surface area (Å²) in [5.41, 5.74) is 7.80. The minimum atomic E-state index is -3.78. The number of benzene rings is 2. The number of sulfonamides is 1. The lowest BCUT2D eigenvalue weighted by molar-refractivity contribution is 0.598. The van der Waals surface area contributed by atoms with Crippen molar-refractivity contribution in [1.29, 1.82) is 0 Å². The average Bonchev–Trinajstić information content (AvgIpc) is 2.39. The Kier molecular flexibility index (Phi) is 3.96. The predicted octanol–water partition coefficient (Wildman–Crippen LogP) is 2.07. The van der Waals surface area contributed by atoms with E-state index >= 15 is 0 Å². The van der Waals surface area contributed by atoms with Crippen molar-refractivity contribution in [1.82, 2.24) is 0 Å². The highest BCUT2D eigenvalue weighted by Gasteiger charge is 2.14. The lowest BCUT2D eigenvalue weighted by Crippen LogP contribution is -2.18. The fraction of sp³-hybridized carbons (Fsp3) is 0.143. The first-order valence-electron chi connectivity index (χ1n) is 6.18. The quantitative estimate of drug-likeness (QED) is 0.844. The van der Waals surface area contributed by atoms with Gasteiger partial charge in [0.2, 0.25) is 10.0 Å². The van der Waals surface area contributed by atoms with Crippen LogP contribution in [0.4, 0.5) is 17.1 Å². The largest absolute Gasteiger partial charge is 0.399 e. The van der Waals surface area contributed by atoms with Gasteiger partial charge in [-0.15, -0.1) is 0 Å². The van der Waals surface area contributed by atoms with Gasteiger partial charge < -0.3 is 10.6 Å². The third-order valence-corrected chi connectivity index (χ3v) is 3.83. The SMILES string of the molecule is CCN(c1ccccc1)c1cc(N)cc(S(N)(=O)=O)c1. The lowest BCUT2D eigenvalue weighted by atomic mass is 10.2. The second-order valence-corrected chi connectivity index (χ2v) is 5.95. The molecule has 0 spiro atoms. The zero-order valence-corrected chi connectivity index (χ0v) is 12.0. The lowest BCUT2D eigenvalue weighted by Gasteiger charge is -2.24. The molecule has 0 aliphatic heterocycles. The molecular formula is C14H17N3O2S. The molecule has 0 bridgehead atoms. The number of primary sulfonamides is 1. The highest BCUT2D eigenvalue weighted by Crippen LogP contribution is 2.28. The Morgan fingerprint density at radius 1 is 1.05 bits per heavy atom. The van der Waals surface area contributed by atoms with Crippen molar-refractivity contribution >= 4 is 27.1 Å². The average molecular weight is 291 g/mol. The normalized spacial score (nSPS) is 11.3. The monoisotopic (exact) mass is 291 g/mol. The number of nitrogens with two attached hydrogens (primary N) is 2. The van der Waals surface area contributed by atoms with Gasteiger partial charge in [0.05, 0.1) is 4.90 Å². The van der Waals surface area contributed by atoms with E-state index < -0.39 is 10.0 Å². The van der Waals surface area contributed by atoms with Crippen LogP contribution in [0.25, 0.3) is 0 Å². The van der Waals surface area contributed by atoms with Crippen molar-refractivity contribution < 1.29 is 8.42 Å². The topological polar surface area (TPSA) is 89.4 Å². The Hall–Kier alpha value is -2.05. The van der Waals surface area contributed by atoms with Crippen molar-refractivity contribution in [3.05, 3.63) is 48.5 Å².